The minimum atomic E-state index is 0.241. The summed E-state index contributed by atoms with van der Waals surface area (Å²) in [6.45, 7) is 1.55. The molecular weight excluding hydrogens is 350 g/mol. The average molecular weight is 370 g/mol. The number of halogens is 1. The summed E-state index contributed by atoms with van der Waals surface area (Å²) >= 11 is 5.97. The Hall–Kier alpha value is -2.60. The molecule has 1 saturated heterocycles. The zero-order valence-electron chi connectivity index (χ0n) is 14.3. The summed E-state index contributed by atoms with van der Waals surface area (Å²) < 4.78 is 5.76. The second-order valence-corrected chi connectivity index (χ2v) is 6.73. The van der Waals surface area contributed by atoms with Gasteiger partial charge in [-0.1, -0.05) is 17.7 Å². The fourth-order valence-electron chi connectivity index (χ4n) is 3.30. The number of benzene rings is 1. The van der Waals surface area contributed by atoms with Crippen molar-refractivity contribution in [1.29, 1.82) is 0 Å². The van der Waals surface area contributed by atoms with E-state index < -0.39 is 0 Å². The zero-order valence-corrected chi connectivity index (χ0v) is 15.1. The Morgan fingerprint density at radius 1 is 1.27 bits per heavy atom. The molecule has 134 valence electrons. The van der Waals surface area contributed by atoms with Gasteiger partial charge < -0.3 is 9.64 Å². The Kier molecular flexibility index (Phi) is 5.02. The summed E-state index contributed by atoms with van der Waals surface area (Å²) in [6, 6.07) is 9.80. The molecule has 0 spiro atoms. The van der Waals surface area contributed by atoms with Gasteiger partial charge in [-0.25, -0.2) is 4.98 Å². The van der Waals surface area contributed by atoms with Gasteiger partial charge in [0.2, 0.25) is 0 Å². The van der Waals surface area contributed by atoms with Crippen LogP contribution in [-0.4, -0.2) is 33.3 Å². The van der Waals surface area contributed by atoms with E-state index in [9.17, 15) is 0 Å². The molecule has 3 aromatic rings. The van der Waals surface area contributed by atoms with Gasteiger partial charge in [0.1, 0.15) is 11.6 Å². The van der Waals surface area contributed by atoms with E-state index in [4.69, 9.17) is 16.3 Å². The first kappa shape index (κ1) is 16.8. The van der Waals surface area contributed by atoms with E-state index in [0.717, 1.165) is 48.8 Å². The Balaban J connectivity index is 1.38. The van der Waals surface area contributed by atoms with Crippen molar-refractivity contribution in [3.63, 3.8) is 0 Å². The van der Waals surface area contributed by atoms with Crippen LogP contribution in [-0.2, 0) is 6.42 Å². The lowest BCUT2D eigenvalue weighted by molar-refractivity contribution is 0.320. The molecule has 3 heterocycles. The standard InChI is InChI=1S/C19H20ClN5O/c20-14-3-1-4-16(11-14)26-10-6-15-12-17(24-23-15)18-5-2-9-25(18)19-13-21-7-8-22-19/h1,3-4,7-8,11-13,18H,2,5-6,9-10H2,(H,23,24)/t18-/m0/s1. The summed E-state index contributed by atoms with van der Waals surface area (Å²) in [5.41, 5.74) is 2.11. The van der Waals surface area contributed by atoms with Crippen LogP contribution in [0, 0.1) is 0 Å². The number of anilines is 1. The number of hydrogen-bond acceptors (Lipinski definition) is 5. The fraction of sp³-hybridized carbons (Fsp3) is 0.316. The van der Waals surface area contributed by atoms with E-state index >= 15 is 0 Å². The lowest BCUT2D eigenvalue weighted by Gasteiger charge is -2.23. The van der Waals surface area contributed by atoms with Crippen LogP contribution in [0.5, 0.6) is 5.75 Å². The highest BCUT2D eigenvalue weighted by molar-refractivity contribution is 6.30. The highest BCUT2D eigenvalue weighted by Crippen LogP contribution is 2.34. The van der Waals surface area contributed by atoms with Gasteiger partial charge in [0.15, 0.2) is 0 Å². The maximum absolute atomic E-state index is 5.97. The summed E-state index contributed by atoms with van der Waals surface area (Å²) in [7, 11) is 0. The fourth-order valence-corrected chi connectivity index (χ4v) is 3.48. The number of aromatic nitrogens is 4. The van der Waals surface area contributed by atoms with E-state index in [1.54, 1.807) is 12.4 Å². The van der Waals surface area contributed by atoms with E-state index in [2.05, 4.69) is 31.1 Å². The van der Waals surface area contributed by atoms with Crippen molar-refractivity contribution in [3.05, 3.63) is 65.3 Å². The van der Waals surface area contributed by atoms with E-state index in [-0.39, 0.29) is 6.04 Å². The molecule has 6 nitrogen and oxygen atoms in total. The van der Waals surface area contributed by atoms with Crippen LogP contribution in [0.2, 0.25) is 5.02 Å². The SMILES string of the molecule is Clc1cccc(OCCc2cc([C@@H]3CCCN3c3cnccn3)n[nH]2)c1. The van der Waals surface area contributed by atoms with Crippen molar-refractivity contribution in [2.45, 2.75) is 25.3 Å². The first-order valence-electron chi connectivity index (χ1n) is 8.75. The maximum atomic E-state index is 5.97. The lowest BCUT2D eigenvalue weighted by atomic mass is 10.1. The molecule has 0 bridgehead atoms. The lowest BCUT2D eigenvalue weighted by Crippen LogP contribution is -2.23. The molecule has 26 heavy (non-hydrogen) atoms. The molecule has 7 heteroatoms. The molecule has 2 aromatic heterocycles. The van der Waals surface area contributed by atoms with Crippen molar-refractivity contribution in [1.82, 2.24) is 20.2 Å². The number of H-pyrrole nitrogens is 1. The van der Waals surface area contributed by atoms with Crippen LogP contribution < -0.4 is 9.64 Å². The van der Waals surface area contributed by atoms with Crippen LogP contribution in [0.3, 0.4) is 0 Å². The van der Waals surface area contributed by atoms with E-state index in [0.29, 0.717) is 11.6 Å². The smallest absolute Gasteiger partial charge is 0.147 e. The van der Waals surface area contributed by atoms with Gasteiger partial charge in [0.25, 0.3) is 0 Å². The first-order valence-corrected chi connectivity index (χ1v) is 9.12. The van der Waals surface area contributed by atoms with Gasteiger partial charge in [-0.2, -0.15) is 5.10 Å². The molecule has 1 atom stereocenters. The summed E-state index contributed by atoms with van der Waals surface area (Å²) in [5, 5.41) is 8.33. The van der Waals surface area contributed by atoms with Crippen LogP contribution >= 0.6 is 11.6 Å². The molecule has 0 radical (unpaired) electrons. The first-order chi connectivity index (χ1) is 12.8. The molecule has 0 aliphatic carbocycles. The highest BCUT2D eigenvalue weighted by Gasteiger charge is 2.29. The van der Waals surface area contributed by atoms with Crippen LogP contribution in [0.25, 0.3) is 0 Å². The number of ether oxygens (including phenoxy) is 1. The molecule has 0 saturated carbocycles. The third-order valence-corrected chi connectivity index (χ3v) is 4.76. The van der Waals surface area contributed by atoms with Crippen molar-refractivity contribution in [2.75, 3.05) is 18.1 Å². The molecule has 1 N–H and O–H groups in total. The van der Waals surface area contributed by atoms with Gasteiger partial charge in [-0.3, -0.25) is 10.1 Å². The number of nitrogens with zero attached hydrogens (tertiary/aromatic N) is 4. The molecule has 1 aromatic carbocycles. The van der Waals surface area contributed by atoms with E-state index in [1.807, 2.05) is 30.5 Å². The topological polar surface area (TPSA) is 66.9 Å². The quantitative estimate of drug-likeness (QED) is 0.715. The molecule has 1 aliphatic heterocycles. The largest absolute Gasteiger partial charge is 0.493 e. The van der Waals surface area contributed by atoms with Gasteiger partial charge in [-0.15, -0.1) is 0 Å². The van der Waals surface area contributed by atoms with Crippen LogP contribution in [0.15, 0.2) is 48.9 Å². The van der Waals surface area contributed by atoms with Crippen molar-refractivity contribution >= 4 is 17.4 Å². The number of aromatic amines is 1. The second kappa shape index (κ2) is 7.74. The Morgan fingerprint density at radius 2 is 2.23 bits per heavy atom. The van der Waals surface area contributed by atoms with Crippen LogP contribution in [0.4, 0.5) is 5.82 Å². The minimum absolute atomic E-state index is 0.241. The minimum Gasteiger partial charge on any atom is -0.493 e. The second-order valence-electron chi connectivity index (χ2n) is 6.29. The average Bonchev–Trinajstić information content (AvgIpc) is 3.32. The van der Waals surface area contributed by atoms with Gasteiger partial charge in [-0.05, 0) is 37.1 Å². The van der Waals surface area contributed by atoms with E-state index in [1.165, 1.54) is 0 Å². The summed E-state index contributed by atoms with van der Waals surface area (Å²) in [4.78, 5) is 10.9. The third-order valence-electron chi connectivity index (χ3n) is 4.52. The molecular formula is C19H20ClN5O. The third kappa shape index (κ3) is 3.80. The highest BCUT2D eigenvalue weighted by atomic mass is 35.5. The molecule has 1 aliphatic rings. The van der Waals surface area contributed by atoms with Gasteiger partial charge in [0.05, 0.1) is 24.5 Å². The molecule has 4 rings (SSSR count). The Bertz CT molecular complexity index is 854. The number of hydrogen-bond donors (Lipinski definition) is 1. The van der Waals surface area contributed by atoms with Gasteiger partial charge in [0, 0.05) is 36.1 Å². The monoisotopic (exact) mass is 369 g/mol. The Labute approximate surface area is 157 Å². The molecule has 1 fully saturated rings. The van der Waals surface area contributed by atoms with Crippen LogP contribution in [0.1, 0.15) is 30.3 Å². The summed E-state index contributed by atoms with van der Waals surface area (Å²) in [6.07, 6.45) is 8.19. The molecule has 0 unspecified atom stereocenters. The number of nitrogens with one attached hydrogen (secondary N) is 1. The Morgan fingerprint density at radius 3 is 3.08 bits per heavy atom. The predicted octanol–water partition coefficient (Wildman–Crippen LogP) is 3.82. The summed E-state index contributed by atoms with van der Waals surface area (Å²) in [5.74, 6) is 1.69. The predicted molar refractivity (Wildman–Crippen MR) is 101 cm³/mol. The normalized spacial score (nSPS) is 16.8. The van der Waals surface area contributed by atoms with Crippen molar-refractivity contribution in [3.8, 4) is 5.75 Å². The molecule has 0 amide bonds. The van der Waals surface area contributed by atoms with Gasteiger partial charge >= 0.3 is 0 Å². The zero-order chi connectivity index (χ0) is 17.8. The maximum Gasteiger partial charge on any atom is 0.147 e. The number of rotatable bonds is 6. The van der Waals surface area contributed by atoms with Crippen molar-refractivity contribution < 1.29 is 4.74 Å². The van der Waals surface area contributed by atoms with Crippen molar-refractivity contribution in [2.24, 2.45) is 0 Å².